The third-order valence-electron chi connectivity index (χ3n) is 4.34. The summed E-state index contributed by atoms with van der Waals surface area (Å²) in [4.78, 5) is 14.5. The largest absolute Gasteiger partial charge is 0.356 e. The molecule has 0 aliphatic carbocycles. The van der Waals surface area contributed by atoms with Crippen molar-refractivity contribution in [2.24, 2.45) is 11.7 Å². The molecule has 0 radical (unpaired) electrons. The van der Waals surface area contributed by atoms with Gasteiger partial charge in [-0.1, -0.05) is 24.2 Å². The second-order valence-electron chi connectivity index (χ2n) is 5.91. The molecule has 0 saturated carbocycles. The molecular formula is C16H21N3O2. The Hall–Kier alpha value is -1.88. The molecule has 1 aromatic carbocycles. The number of carbonyl (C=O) groups is 1. The van der Waals surface area contributed by atoms with Gasteiger partial charge in [0.15, 0.2) is 5.58 Å². The van der Waals surface area contributed by atoms with Gasteiger partial charge in [0.25, 0.3) is 0 Å². The maximum atomic E-state index is 12.6. The van der Waals surface area contributed by atoms with Crippen LogP contribution < -0.4 is 5.73 Å². The summed E-state index contributed by atoms with van der Waals surface area (Å²) in [5.74, 6) is 0.729. The maximum Gasteiger partial charge on any atom is 0.229 e. The molecule has 5 nitrogen and oxygen atoms in total. The summed E-state index contributed by atoms with van der Waals surface area (Å²) in [5.41, 5.74) is 7.27. The molecule has 5 heteroatoms. The molecule has 2 aromatic rings. The summed E-state index contributed by atoms with van der Waals surface area (Å²) in [6, 6.07) is 7.78. The summed E-state index contributed by atoms with van der Waals surface area (Å²) >= 11 is 0. The molecule has 2 heterocycles. The van der Waals surface area contributed by atoms with Gasteiger partial charge in [-0.15, -0.1) is 0 Å². The molecule has 112 valence electrons. The van der Waals surface area contributed by atoms with Crippen LogP contribution in [-0.4, -0.2) is 35.1 Å². The molecule has 1 aliphatic heterocycles. The van der Waals surface area contributed by atoms with E-state index in [1.807, 2.05) is 29.2 Å². The van der Waals surface area contributed by atoms with Gasteiger partial charge in [0.1, 0.15) is 5.69 Å². The van der Waals surface area contributed by atoms with Gasteiger partial charge in [-0.05, 0) is 30.9 Å². The predicted molar refractivity (Wildman–Crippen MR) is 80.7 cm³/mol. The minimum atomic E-state index is 0.0939. The van der Waals surface area contributed by atoms with Gasteiger partial charge in [0.2, 0.25) is 5.91 Å². The van der Waals surface area contributed by atoms with Crippen LogP contribution >= 0.6 is 0 Å². The van der Waals surface area contributed by atoms with Gasteiger partial charge in [0.05, 0.1) is 6.42 Å². The van der Waals surface area contributed by atoms with E-state index in [-0.39, 0.29) is 18.4 Å². The van der Waals surface area contributed by atoms with E-state index in [9.17, 15) is 4.79 Å². The molecule has 3 rings (SSSR count). The Labute approximate surface area is 124 Å². The van der Waals surface area contributed by atoms with Crippen LogP contribution in [0.15, 0.2) is 28.8 Å². The van der Waals surface area contributed by atoms with E-state index in [0.29, 0.717) is 18.2 Å². The van der Waals surface area contributed by atoms with Crippen LogP contribution in [0.25, 0.3) is 11.0 Å². The number of aromatic nitrogens is 1. The Kier molecular flexibility index (Phi) is 3.92. The van der Waals surface area contributed by atoms with E-state index in [2.05, 4.69) is 12.1 Å². The van der Waals surface area contributed by atoms with Gasteiger partial charge >= 0.3 is 0 Å². The van der Waals surface area contributed by atoms with Crippen LogP contribution in [0.5, 0.6) is 0 Å². The molecule has 2 unspecified atom stereocenters. The van der Waals surface area contributed by atoms with Crippen LogP contribution in [0.4, 0.5) is 0 Å². The number of piperidine rings is 1. The van der Waals surface area contributed by atoms with Gasteiger partial charge in [0, 0.05) is 24.5 Å². The lowest BCUT2D eigenvalue weighted by Crippen LogP contribution is -2.49. The lowest BCUT2D eigenvalue weighted by molar-refractivity contribution is -0.134. The van der Waals surface area contributed by atoms with Crippen molar-refractivity contribution in [3.63, 3.8) is 0 Å². The SMILES string of the molecule is CC1CCN(C(=O)Cc2noc3ccccc23)C(CN)C1. The lowest BCUT2D eigenvalue weighted by atomic mass is 9.92. The van der Waals surface area contributed by atoms with E-state index < -0.39 is 0 Å². The zero-order valence-electron chi connectivity index (χ0n) is 12.3. The van der Waals surface area contributed by atoms with Crippen molar-refractivity contribution in [1.29, 1.82) is 0 Å². The second-order valence-corrected chi connectivity index (χ2v) is 5.91. The van der Waals surface area contributed by atoms with Gasteiger partial charge in [-0.2, -0.15) is 0 Å². The van der Waals surface area contributed by atoms with Crippen molar-refractivity contribution in [1.82, 2.24) is 10.1 Å². The normalized spacial score (nSPS) is 22.7. The van der Waals surface area contributed by atoms with Gasteiger partial charge in [-0.25, -0.2) is 0 Å². The number of hydrogen-bond donors (Lipinski definition) is 1. The molecular weight excluding hydrogens is 266 g/mol. The average molecular weight is 287 g/mol. The number of para-hydroxylation sites is 1. The summed E-state index contributed by atoms with van der Waals surface area (Å²) in [5, 5.41) is 4.96. The minimum absolute atomic E-state index is 0.0939. The van der Waals surface area contributed by atoms with Crippen molar-refractivity contribution in [3.8, 4) is 0 Å². The highest BCUT2D eigenvalue weighted by Gasteiger charge is 2.29. The standard InChI is InChI=1S/C16H21N3O2/c1-11-6-7-19(12(8-11)10-17)16(20)9-14-13-4-2-3-5-15(13)21-18-14/h2-5,11-12H,6-10,17H2,1H3. The number of benzene rings is 1. The first-order valence-electron chi connectivity index (χ1n) is 7.52. The van der Waals surface area contributed by atoms with Crippen molar-refractivity contribution in [3.05, 3.63) is 30.0 Å². The minimum Gasteiger partial charge on any atom is -0.356 e. The number of amides is 1. The molecule has 0 spiro atoms. The topological polar surface area (TPSA) is 72.4 Å². The van der Waals surface area contributed by atoms with Crippen molar-refractivity contribution in [2.45, 2.75) is 32.2 Å². The van der Waals surface area contributed by atoms with Crippen LogP contribution in [0.2, 0.25) is 0 Å². The summed E-state index contributed by atoms with van der Waals surface area (Å²) < 4.78 is 5.26. The van der Waals surface area contributed by atoms with Gasteiger partial charge < -0.3 is 15.2 Å². The second kappa shape index (κ2) is 5.85. The third-order valence-corrected chi connectivity index (χ3v) is 4.34. The van der Waals surface area contributed by atoms with Crippen molar-refractivity contribution < 1.29 is 9.32 Å². The Morgan fingerprint density at radius 3 is 3.10 bits per heavy atom. The number of nitrogens with two attached hydrogens (primary N) is 1. The van der Waals surface area contributed by atoms with E-state index >= 15 is 0 Å². The molecule has 1 fully saturated rings. The monoisotopic (exact) mass is 287 g/mol. The zero-order chi connectivity index (χ0) is 14.8. The molecule has 1 aromatic heterocycles. The number of fused-ring (bicyclic) bond motifs is 1. The van der Waals surface area contributed by atoms with Crippen molar-refractivity contribution >= 4 is 16.9 Å². The van der Waals surface area contributed by atoms with E-state index in [1.54, 1.807) is 0 Å². The number of likely N-dealkylation sites (tertiary alicyclic amines) is 1. The maximum absolute atomic E-state index is 12.6. The highest BCUT2D eigenvalue weighted by Crippen LogP contribution is 2.24. The Morgan fingerprint density at radius 2 is 2.29 bits per heavy atom. The molecule has 2 N–H and O–H groups in total. The summed E-state index contributed by atoms with van der Waals surface area (Å²) in [7, 11) is 0. The Balaban J connectivity index is 1.76. The van der Waals surface area contributed by atoms with E-state index in [0.717, 1.165) is 30.4 Å². The molecule has 21 heavy (non-hydrogen) atoms. The number of hydrogen-bond acceptors (Lipinski definition) is 4. The predicted octanol–water partition coefficient (Wildman–Crippen LogP) is 1.96. The fourth-order valence-corrected chi connectivity index (χ4v) is 3.11. The Morgan fingerprint density at radius 1 is 1.48 bits per heavy atom. The van der Waals surface area contributed by atoms with E-state index in [1.165, 1.54) is 0 Å². The van der Waals surface area contributed by atoms with Crippen LogP contribution in [0, 0.1) is 5.92 Å². The number of carbonyl (C=O) groups excluding carboxylic acids is 1. The van der Waals surface area contributed by atoms with Crippen LogP contribution in [0.3, 0.4) is 0 Å². The highest BCUT2D eigenvalue weighted by molar-refractivity contribution is 5.86. The summed E-state index contributed by atoms with van der Waals surface area (Å²) in [6.07, 6.45) is 2.31. The first-order chi connectivity index (χ1) is 10.2. The molecule has 1 saturated heterocycles. The number of rotatable bonds is 3. The third kappa shape index (κ3) is 2.78. The molecule has 0 bridgehead atoms. The van der Waals surface area contributed by atoms with Gasteiger partial charge in [-0.3, -0.25) is 4.79 Å². The van der Waals surface area contributed by atoms with Crippen molar-refractivity contribution in [2.75, 3.05) is 13.1 Å². The molecule has 1 amide bonds. The lowest BCUT2D eigenvalue weighted by Gasteiger charge is -2.38. The van der Waals surface area contributed by atoms with Crippen LogP contribution in [0.1, 0.15) is 25.5 Å². The van der Waals surface area contributed by atoms with Crippen LogP contribution in [-0.2, 0) is 11.2 Å². The van der Waals surface area contributed by atoms with E-state index in [4.69, 9.17) is 10.3 Å². The fraction of sp³-hybridized carbons (Fsp3) is 0.500. The highest BCUT2D eigenvalue weighted by atomic mass is 16.5. The molecule has 2 atom stereocenters. The first kappa shape index (κ1) is 14.1. The summed E-state index contributed by atoms with van der Waals surface area (Å²) in [6.45, 7) is 3.53. The molecule has 1 aliphatic rings. The first-order valence-corrected chi connectivity index (χ1v) is 7.52. The number of nitrogens with zero attached hydrogens (tertiary/aromatic N) is 2. The quantitative estimate of drug-likeness (QED) is 0.936. The Bertz CT molecular complexity index is 637. The zero-order valence-corrected chi connectivity index (χ0v) is 12.3. The average Bonchev–Trinajstić information content (AvgIpc) is 2.90. The fourth-order valence-electron chi connectivity index (χ4n) is 3.11. The smallest absolute Gasteiger partial charge is 0.229 e.